The van der Waals surface area contributed by atoms with Gasteiger partial charge in [0.2, 0.25) is 5.13 Å². The summed E-state index contributed by atoms with van der Waals surface area (Å²) in [7, 11) is 2.05. The van der Waals surface area contributed by atoms with Gasteiger partial charge < -0.3 is 9.88 Å². The molecule has 0 radical (unpaired) electrons. The second kappa shape index (κ2) is 8.13. The van der Waals surface area contributed by atoms with Crippen LogP contribution in [0, 0.1) is 0 Å². The molecule has 1 amide bonds. The molecule has 0 atom stereocenters. The Hall–Kier alpha value is -3.33. The Morgan fingerprint density at radius 3 is 2.86 bits per heavy atom. The van der Waals surface area contributed by atoms with Gasteiger partial charge in [-0.1, -0.05) is 23.5 Å². The number of imidazole rings is 1. The number of benzene rings is 1. The highest BCUT2D eigenvalue weighted by atomic mass is 32.1. The molecule has 0 spiro atoms. The summed E-state index contributed by atoms with van der Waals surface area (Å²) in [6.45, 7) is 0.770. The number of para-hydroxylation sites is 2. The van der Waals surface area contributed by atoms with Crippen LogP contribution in [0.5, 0.6) is 0 Å². The third-order valence-electron chi connectivity index (χ3n) is 4.37. The van der Waals surface area contributed by atoms with E-state index in [0.29, 0.717) is 10.7 Å². The number of hydrogen-bond acceptors (Lipinski definition) is 7. The maximum Gasteiger partial charge on any atom is 0.259 e. The molecule has 1 aromatic carbocycles. The summed E-state index contributed by atoms with van der Waals surface area (Å²) >= 11 is 1.27. The summed E-state index contributed by atoms with van der Waals surface area (Å²) in [5, 5.41) is 13.9. The van der Waals surface area contributed by atoms with E-state index in [4.69, 9.17) is 0 Å². The topological polar surface area (TPSA) is 97.6 Å². The van der Waals surface area contributed by atoms with Crippen LogP contribution in [0.3, 0.4) is 0 Å². The van der Waals surface area contributed by atoms with Crippen molar-refractivity contribution in [3.63, 3.8) is 0 Å². The van der Waals surface area contributed by atoms with Gasteiger partial charge >= 0.3 is 0 Å². The quantitative estimate of drug-likeness (QED) is 0.468. The van der Waals surface area contributed by atoms with Gasteiger partial charge in [0, 0.05) is 26.2 Å². The minimum Gasteiger partial charge on any atom is -0.370 e. The van der Waals surface area contributed by atoms with Crippen LogP contribution in [0.25, 0.3) is 11.0 Å². The van der Waals surface area contributed by atoms with Crippen LogP contribution in [-0.4, -0.2) is 37.2 Å². The molecule has 3 aromatic heterocycles. The van der Waals surface area contributed by atoms with E-state index in [-0.39, 0.29) is 5.91 Å². The van der Waals surface area contributed by atoms with Gasteiger partial charge in [0.25, 0.3) is 5.91 Å². The van der Waals surface area contributed by atoms with Crippen molar-refractivity contribution in [1.82, 2.24) is 24.7 Å². The summed E-state index contributed by atoms with van der Waals surface area (Å²) in [6, 6.07) is 11.7. The molecule has 0 aliphatic rings. The number of fused-ring (bicyclic) bond motifs is 1. The Balaban J connectivity index is 1.28. The highest BCUT2D eigenvalue weighted by Gasteiger charge is 2.09. The van der Waals surface area contributed by atoms with Gasteiger partial charge in [-0.2, -0.15) is 0 Å². The number of nitrogens with one attached hydrogen (secondary N) is 2. The van der Waals surface area contributed by atoms with Crippen LogP contribution in [0.15, 0.2) is 48.1 Å². The van der Waals surface area contributed by atoms with Crippen molar-refractivity contribution in [2.45, 2.75) is 12.8 Å². The Bertz CT molecular complexity index is 1070. The molecule has 8 nitrogen and oxygen atoms in total. The predicted octanol–water partition coefficient (Wildman–Crippen LogP) is 3.12. The lowest BCUT2D eigenvalue weighted by atomic mass is 10.2. The van der Waals surface area contributed by atoms with E-state index in [0.717, 1.165) is 42.1 Å². The molecule has 0 bridgehead atoms. The number of rotatable bonds is 7. The van der Waals surface area contributed by atoms with E-state index in [9.17, 15) is 4.79 Å². The van der Waals surface area contributed by atoms with E-state index in [2.05, 4.69) is 41.4 Å². The molecule has 28 heavy (non-hydrogen) atoms. The standard InChI is InChI=1S/C19H19N7OS/c1-26-15-6-3-2-5-14(15)23-17(26)7-4-10-20-16-9-8-13(11-21-16)18(27)24-19-25-22-12-28-19/h2-3,5-6,8-9,11-12H,4,7,10H2,1H3,(H,20,21)(H,24,25,27). The fraction of sp³-hybridized carbons (Fsp3) is 0.211. The number of hydrogen-bond donors (Lipinski definition) is 2. The van der Waals surface area contributed by atoms with Gasteiger partial charge in [-0.25, -0.2) is 9.97 Å². The molecule has 0 fully saturated rings. The molecule has 9 heteroatoms. The predicted molar refractivity (Wildman–Crippen MR) is 110 cm³/mol. The number of nitrogens with zero attached hydrogens (tertiary/aromatic N) is 5. The average Bonchev–Trinajstić information content (AvgIpc) is 3.34. The van der Waals surface area contributed by atoms with E-state index in [1.807, 2.05) is 25.2 Å². The van der Waals surface area contributed by atoms with Crippen molar-refractivity contribution < 1.29 is 4.79 Å². The lowest BCUT2D eigenvalue weighted by molar-refractivity contribution is 0.102. The molecule has 4 aromatic rings. The number of aryl methyl sites for hydroxylation is 2. The van der Waals surface area contributed by atoms with E-state index >= 15 is 0 Å². The lowest BCUT2D eigenvalue weighted by Crippen LogP contribution is -2.12. The monoisotopic (exact) mass is 393 g/mol. The van der Waals surface area contributed by atoms with Crippen LogP contribution < -0.4 is 10.6 Å². The average molecular weight is 393 g/mol. The highest BCUT2D eigenvalue weighted by Crippen LogP contribution is 2.15. The van der Waals surface area contributed by atoms with Crippen molar-refractivity contribution >= 4 is 39.2 Å². The molecule has 4 rings (SSSR count). The van der Waals surface area contributed by atoms with Gasteiger partial charge in [-0.3, -0.25) is 10.1 Å². The summed E-state index contributed by atoms with van der Waals surface area (Å²) in [4.78, 5) is 21.1. The maximum atomic E-state index is 12.1. The smallest absolute Gasteiger partial charge is 0.259 e. The molecule has 3 heterocycles. The van der Waals surface area contributed by atoms with E-state index in [1.54, 1.807) is 23.8 Å². The first-order valence-electron chi connectivity index (χ1n) is 8.88. The largest absolute Gasteiger partial charge is 0.370 e. The van der Waals surface area contributed by atoms with Gasteiger partial charge in [-0.15, -0.1) is 10.2 Å². The number of amides is 1. The summed E-state index contributed by atoms with van der Waals surface area (Å²) in [6.07, 6.45) is 3.35. The zero-order chi connectivity index (χ0) is 19.3. The fourth-order valence-electron chi connectivity index (χ4n) is 2.91. The minimum atomic E-state index is -0.252. The highest BCUT2D eigenvalue weighted by molar-refractivity contribution is 7.13. The first-order valence-corrected chi connectivity index (χ1v) is 9.76. The Morgan fingerprint density at radius 1 is 1.21 bits per heavy atom. The number of pyridine rings is 1. The summed E-state index contributed by atoms with van der Waals surface area (Å²) in [5.41, 5.74) is 4.21. The molecular formula is C19H19N7OS. The van der Waals surface area contributed by atoms with Crippen molar-refractivity contribution in [1.29, 1.82) is 0 Å². The zero-order valence-corrected chi connectivity index (χ0v) is 16.1. The SMILES string of the molecule is Cn1c(CCCNc2ccc(C(=O)Nc3nncs3)cn2)nc2ccccc21. The first kappa shape index (κ1) is 18.1. The van der Waals surface area contributed by atoms with Gasteiger partial charge in [-0.05, 0) is 30.7 Å². The van der Waals surface area contributed by atoms with E-state index < -0.39 is 0 Å². The molecular weight excluding hydrogens is 374 g/mol. The van der Waals surface area contributed by atoms with Crippen molar-refractivity contribution in [3.05, 3.63) is 59.5 Å². The molecule has 0 aliphatic heterocycles. The normalized spacial score (nSPS) is 10.9. The van der Waals surface area contributed by atoms with Crippen LogP contribution in [0.2, 0.25) is 0 Å². The van der Waals surface area contributed by atoms with E-state index in [1.165, 1.54) is 11.3 Å². The number of anilines is 2. The Morgan fingerprint density at radius 2 is 2.11 bits per heavy atom. The van der Waals surface area contributed by atoms with Crippen molar-refractivity contribution in [2.24, 2.45) is 7.05 Å². The summed E-state index contributed by atoms with van der Waals surface area (Å²) < 4.78 is 2.14. The van der Waals surface area contributed by atoms with Gasteiger partial charge in [0.15, 0.2) is 0 Å². The van der Waals surface area contributed by atoms with Crippen molar-refractivity contribution in [3.8, 4) is 0 Å². The van der Waals surface area contributed by atoms with Gasteiger partial charge in [0.05, 0.1) is 16.6 Å². The second-order valence-electron chi connectivity index (χ2n) is 6.24. The molecule has 0 saturated carbocycles. The number of carbonyl (C=O) groups is 1. The maximum absolute atomic E-state index is 12.1. The molecule has 0 unspecified atom stereocenters. The molecule has 142 valence electrons. The summed E-state index contributed by atoms with van der Waals surface area (Å²) in [5.74, 6) is 1.55. The lowest BCUT2D eigenvalue weighted by Gasteiger charge is -2.07. The van der Waals surface area contributed by atoms with Gasteiger partial charge in [0.1, 0.15) is 17.2 Å². The first-order chi connectivity index (χ1) is 13.7. The van der Waals surface area contributed by atoms with Crippen LogP contribution in [-0.2, 0) is 13.5 Å². The minimum absolute atomic E-state index is 0.252. The molecule has 0 aliphatic carbocycles. The Kier molecular flexibility index (Phi) is 5.24. The van der Waals surface area contributed by atoms with Crippen LogP contribution in [0.1, 0.15) is 22.6 Å². The Labute approximate surface area is 165 Å². The fourth-order valence-corrected chi connectivity index (χ4v) is 3.35. The third kappa shape index (κ3) is 3.99. The van der Waals surface area contributed by atoms with Crippen LogP contribution in [0.4, 0.5) is 10.9 Å². The second-order valence-corrected chi connectivity index (χ2v) is 7.07. The third-order valence-corrected chi connectivity index (χ3v) is 4.98. The van der Waals surface area contributed by atoms with Crippen molar-refractivity contribution in [2.75, 3.05) is 17.2 Å². The molecule has 2 N–H and O–H groups in total. The number of carbonyl (C=O) groups excluding carboxylic acids is 1. The molecule has 0 saturated heterocycles. The zero-order valence-electron chi connectivity index (χ0n) is 15.3. The number of aromatic nitrogens is 5. The van der Waals surface area contributed by atoms with Crippen LogP contribution >= 0.6 is 11.3 Å².